The van der Waals surface area contributed by atoms with E-state index in [-0.39, 0.29) is 10.6 Å². The Labute approximate surface area is 150 Å². The zero-order chi connectivity index (χ0) is 17.9. The Kier molecular flexibility index (Phi) is 4.91. The van der Waals surface area contributed by atoms with Crippen LogP contribution in [0.15, 0.2) is 58.4 Å². The summed E-state index contributed by atoms with van der Waals surface area (Å²) < 4.78 is 38.4. The summed E-state index contributed by atoms with van der Waals surface area (Å²) in [4.78, 5) is 4.11. The van der Waals surface area contributed by atoms with Gasteiger partial charge in [0.15, 0.2) is 0 Å². The van der Waals surface area contributed by atoms with Gasteiger partial charge in [-0.25, -0.2) is 8.42 Å². The molecule has 0 saturated heterocycles. The molecule has 0 saturated carbocycles. The van der Waals surface area contributed by atoms with Crippen molar-refractivity contribution in [2.45, 2.75) is 4.90 Å². The number of pyridine rings is 1. The maximum absolute atomic E-state index is 12.8. The van der Waals surface area contributed by atoms with E-state index >= 15 is 0 Å². The average Bonchev–Trinajstić information content (AvgIpc) is 3.15. The number of hydrogen-bond donors (Lipinski definition) is 1. The first-order valence-corrected chi connectivity index (χ1v) is 9.68. The van der Waals surface area contributed by atoms with Gasteiger partial charge < -0.3 is 9.47 Å². The van der Waals surface area contributed by atoms with E-state index in [4.69, 9.17) is 9.47 Å². The Morgan fingerprint density at radius 3 is 2.56 bits per heavy atom. The molecular formula is C17H16N2O4S2. The number of anilines is 1. The van der Waals surface area contributed by atoms with E-state index in [9.17, 15) is 8.42 Å². The van der Waals surface area contributed by atoms with E-state index in [1.54, 1.807) is 35.7 Å². The van der Waals surface area contributed by atoms with Crippen molar-refractivity contribution in [2.75, 3.05) is 18.9 Å². The van der Waals surface area contributed by atoms with Crippen molar-refractivity contribution in [1.29, 1.82) is 0 Å². The molecule has 6 nitrogen and oxygen atoms in total. The van der Waals surface area contributed by atoms with Crippen LogP contribution in [0.2, 0.25) is 0 Å². The van der Waals surface area contributed by atoms with Gasteiger partial charge in [-0.1, -0.05) is 0 Å². The Hall–Kier alpha value is -2.58. The normalized spacial score (nSPS) is 11.1. The number of rotatable bonds is 6. The highest BCUT2D eigenvalue weighted by molar-refractivity contribution is 7.92. The number of thiophene rings is 1. The number of methoxy groups -OCH3 is 2. The SMILES string of the molecule is COc1ccc(OC)c(S(=O)(=O)Nc2cncc(-c3ccsc3)c2)c1. The molecular weight excluding hydrogens is 360 g/mol. The minimum atomic E-state index is -3.87. The maximum Gasteiger partial charge on any atom is 0.265 e. The van der Waals surface area contributed by atoms with E-state index in [1.165, 1.54) is 26.5 Å². The van der Waals surface area contributed by atoms with Gasteiger partial charge >= 0.3 is 0 Å². The van der Waals surface area contributed by atoms with Crippen LogP contribution in [-0.4, -0.2) is 27.6 Å². The first kappa shape index (κ1) is 17.2. The number of nitrogens with zero attached hydrogens (tertiary/aromatic N) is 1. The van der Waals surface area contributed by atoms with Gasteiger partial charge in [0, 0.05) is 17.8 Å². The van der Waals surface area contributed by atoms with Crippen LogP contribution in [0.4, 0.5) is 5.69 Å². The molecule has 0 aliphatic heterocycles. The number of benzene rings is 1. The van der Waals surface area contributed by atoms with E-state index in [0.717, 1.165) is 11.1 Å². The molecule has 0 radical (unpaired) electrons. The van der Waals surface area contributed by atoms with Crippen LogP contribution in [0.5, 0.6) is 11.5 Å². The first-order valence-electron chi connectivity index (χ1n) is 7.26. The molecule has 0 aliphatic rings. The molecule has 0 aliphatic carbocycles. The van der Waals surface area contributed by atoms with Crippen molar-refractivity contribution >= 4 is 27.0 Å². The van der Waals surface area contributed by atoms with Gasteiger partial charge in [-0.2, -0.15) is 11.3 Å². The van der Waals surface area contributed by atoms with Gasteiger partial charge in [-0.05, 0) is 40.6 Å². The molecule has 25 heavy (non-hydrogen) atoms. The lowest BCUT2D eigenvalue weighted by molar-refractivity contribution is 0.392. The number of nitrogens with one attached hydrogen (secondary N) is 1. The smallest absolute Gasteiger partial charge is 0.265 e. The summed E-state index contributed by atoms with van der Waals surface area (Å²) in [6.45, 7) is 0. The fourth-order valence-corrected chi connectivity index (χ4v) is 4.17. The second kappa shape index (κ2) is 7.12. The lowest BCUT2D eigenvalue weighted by Gasteiger charge is -2.13. The molecule has 3 aromatic rings. The van der Waals surface area contributed by atoms with Gasteiger partial charge in [0.1, 0.15) is 16.4 Å². The first-order chi connectivity index (χ1) is 12.0. The minimum Gasteiger partial charge on any atom is -0.497 e. The molecule has 130 valence electrons. The highest BCUT2D eigenvalue weighted by atomic mass is 32.2. The summed E-state index contributed by atoms with van der Waals surface area (Å²) in [6.07, 6.45) is 3.14. The molecule has 1 N–H and O–H groups in total. The number of hydrogen-bond acceptors (Lipinski definition) is 6. The molecule has 8 heteroatoms. The molecule has 2 aromatic heterocycles. The third-order valence-electron chi connectivity index (χ3n) is 3.51. The predicted molar refractivity (Wildman–Crippen MR) is 97.9 cm³/mol. The Bertz CT molecular complexity index is 970. The van der Waals surface area contributed by atoms with Crippen molar-refractivity contribution in [3.8, 4) is 22.6 Å². The molecule has 1 aromatic carbocycles. The zero-order valence-electron chi connectivity index (χ0n) is 13.6. The van der Waals surface area contributed by atoms with Crippen LogP contribution >= 0.6 is 11.3 Å². The Balaban J connectivity index is 1.96. The van der Waals surface area contributed by atoms with Gasteiger partial charge in [0.05, 0.1) is 26.1 Å². The molecule has 0 spiro atoms. The maximum atomic E-state index is 12.8. The van der Waals surface area contributed by atoms with Crippen LogP contribution in [0.3, 0.4) is 0 Å². The van der Waals surface area contributed by atoms with Crippen LogP contribution in [0.1, 0.15) is 0 Å². The van der Waals surface area contributed by atoms with Crippen LogP contribution in [0, 0.1) is 0 Å². The molecule has 0 atom stereocenters. The fourth-order valence-electron chi connectivity index (χ4n) is 2.29. The number of aromatic nitrogens is 1. The minimum absolute atomic E-state index is 0.00436. The predicted octanol–water partition coefficient (Wildman–Crippen LogP) is 3.63. The van der Waals surface area contributed by atoms with Crippen molar-refractivity contribution in [3.05, 3.63) is 53.5 Å². The number of ether oxygens (including phenoxy) is 2. The van der Waals surface area contributed by atoms with E-state index in [0.29, 0.717) is 11.4 Å². The third-order valence-corrected chi connectivity index (χ3v) is 5.59. The summed E-state index contributed by atoms with van der Waals surface area (Å²) in [5, 5.41) is 3.92. The monoisotopic (exact) mass is 376 g/mol. The van der Waals surface area contributed by atoms with Crippen LogP contribution in [-0.2, 0) is 10.0 Å². The molecule has 0 unspecified atom stereocenters. The quantitative estimate of drug-likeness (QED) is 0.711. The summed E-state index contributed by atoms with van der Waals surface area (Å²) in [6, 6.07) is 8.28. The van der Waals surface area contributed by atoms with E-state index < -0.39 is 10.0 Å². The molecule has 0 fully saturated rings. The molecule has 3 rings (SSSR count). The lowest BCUT2D eigenvalue weighted by Crippen LogP contribution is -2.14. The van der Waals surface area contributed by atoms with Crippen molar-refractivity contribution in [3.63, 3.8) is 0 Å². The molecule has 0 amide bonds. The summed E-state index contributed by atoms with van der Waals surface area (Å²) in [5.74, 6) is 0.654. The van der Waals surface area contributed by atoms with Crippen molar-refractivity contribution in [1.82, 2.24) is 4.98 Å². The van der Waals surface area contributed by atoms with Gasteiger partial charge in [-0.15, -0.1) is 0 Å². The largest absolute Gasteiger partial charge is 0.497 e. The van der Waals surface area contributed by atoms with Gasteiger partial charge in [0.2, 0.25) is 0 Å². The standard InChI is InChI=1S/C17H16N2O4S2/c1-22-15-3-4-16(23-2)17(8-15)25(20,21)19-14-7-13(9-18-10-14)12-5-6-24-11-12/h3-11,19H,1-2H3. The summed E-state index contributed by atoms with van der Waals surface area (Å²) in [7, 11) is -0.978. The molecule has 2 heterocycles. The summed E-state index contributed by atoms with van der Waals surface area (Å²) >= 11 is 1.56. The van der Waals surface area contributed by atoms with Gasteiger partial charge in [-0.3, -0.25) is 9.71 Å². The second-order valence-corrected chi connectivity index (χ2v) is 7.53. The highest BCUT2D eigenvalue weighted by Gasteiger charge is 2.21. The van der Waals surface area contributed by atoms with Crippen molar-refractivity contribution < 1.29 is 17.9 Å². The van der Waals surface area contributed by atoms with E-state index in [1.807, 2.05) is 16.8 Å². The molecule has 0 bridgehead atoms. The van der Waals surface area contributed by atoms with Gasteiger partial charge in [0.25, 0.3) is 10.0 Å². The van der Waals surface area contributed by atoms with Crippen molar-refractivity contribution in [2.24, 2.45) is 0 Å². The second-order valence-electron chi connectivity index (χ2n) is 5.10. The summed E-state index contributed by atoms with van der Waals surface area (Å²) in [5.41, 5.74) is 2.19. The topological polar surface area (TPSA) is 77.5 Å². The van der Waals surface area contributed by atoms with Crippen LogP contribution < -0.4 is 14.2 Å². The van der Waals surface area contributed by atoms with E-state index in [2.05, 4.69) is 9.71 Å². The third kappa shape index (κ3) is 3.75. The fraction of sp³-hybridized carbons (Fsp3) is 0.118. The number of sulfonamides is 1. The lowest BCUT2D eigenvalue weighted by atomic mass is 10.1. The van der Waals surface area contributed by atoms with Crippen LogP contribution in [0.25, 0.3) is 11.1 Å². The Morgan fingerprint density at radius 1 is 1.04 bits per heavy atom. The zero-order valence-corrected chi connectivity index (χ0v) is 15.2. The average molecular weight is 376 g/mol. The highest BCUT2D eigenvalue weighted by Crippen LogP contribution is 2.30. The Morgan fingerprint density at radius 2 is 1.88 bits per heavy atom.